The predicted octanol–water partition coefficient (Wildman–Crippen LogP) is 2.93. The van der Waals surface area contributed by atoms with Crippen LogP contribution in [0.5, 0.6) is 0 Å². The zero-order valence-corrected chi connectivity index (χ0v) is 19.1. The maximum absolute atomic E-state index is 12.3. The molecule has 0 radical (unpaired) electrons. The SMILES string of the molecule is Cc1cc2nccc(=O)n2nc1N1CCc2ncc(N3CCO[C@@H](c4ccccc4)C3)cc2C1. The molecule has 1 fully saturated rings. The molecule has 1 saturated heterocycles. The number of aromatic nitrogens is 4. The second-order valence-corrected chi connectivity index (χ2v) is 8.89. The van der Waals surface area contributed by atoms with Crippen LogP contribution in [0.4, 0.5) is 11.5 Å². The summed E-state index contributed by atoms with van der Waals surface area (Å²) in [4.78, 5) is 26.0. The normalized spacial score (nSPS) is 18.2. The van der Waals surface area contributed by atoms with E-state index in [1.807, 2.05) is 25.3 Å². The topological polar surface area (TPSA) is 75.9 Å². The highest BCUT2D eigenvalue weighted by atomic mass is 16.5. The molecule has 0 unspecified atom stereocenters. The average Bonchev–Trinajstić information content (AvgIpc) is 2.88. The van der Waals surface area contributed by atoms with Crippen molar-refractivity contribution in [1.29, 1.82) is 0 Å². The number of benzene rings is 1. The molecule has 6 rings (SSSR count). The minimum Gasteiger partial charge on any atom is -0.370 e. The van der Waals surface area contributed by atoms with Crippen molar-refractivity contribution in [2.45, 2.75) is 26.0 Å². The van der Waals surface area contributed by atoms with Crippen molar-refractivity contribution in [1.82, 2.24) is 19.6 Å². The molecular formula is C26H26N6O2. The molecule has 0 N–H and O–H groups in total. The number of fused-ring (bicyclic) bond motifs is 2. The summed E-state index contributed by atoms with van der Waals surface area (Å²) in [5, 5.41) is 4.65. The highest BCUT2D eigenvalue weighted by Gasteiger charge is 2.25. The monoisotopic (exact) mass is 454 g/mol. The summed E-state index contributed by atoms with van der Waals surface area (Å²) >= 11 is 0. The zero-order chi connectivity index (χ0) is 23.1. The summed E-state index contributed by atoms with van der Waals surface area (Å²) in [6, 6.07) is 16.0. The third-order valence-electron chi connectivity index (χ3n) is 6.67. The largest absolute Gasteiger partial charge is 0.370 e. The van der Waals surface area contributed by atoms with E-state index in [1.165, 1.54) is 27.9 Å². The second kappa shape index (κ2) is 8.53. The van der Waals surface area contributed by atoms with Crippen LogP contribution in [0.3, 0.4) is 0 Å². The predicted molar refractivity (Wildman–Crippen MR) is 130 cm³/mol. The summed E-state index contributed by atoms with van der Waals surface area (Å²) < 4.78 is 7.43. The zero-order valence-electron chi connectivity index (χ0n) is 19.1. The number of hydrogen-bond donors (Lipinski definition) is 0. The van der Waals surface area contributed by atoms with Crippen LogP contribution in [-0.4, -0.2) is 45.8 Å². The molecule has 0 amide bonds. The Bertz CT molecular complexity index is 1400. The van der Waals surface area contributed by atoms with Crippen LogP contribution >= 0.6 is 0 Å². The van der Waals surface area contributed by atoms with Crippen molar-refractivity contribution in [2.75, 3.05) is 36.0 Å². The molecule has 0 spiro atoms. The van der Waals surface area contributed by atoms with Gasteiger partial charge in [0.1, 0.15) is 6.10 Å². The van der Waals surface area contributed by atoms with Gasteiger partial charge in [-0.25, -0.2) is 4.98 Å². The fraction of sp³-hybridized carbons (Fsp3) is 0.308. The third-order valence-corrected chi connectivity index (χ3v) is 6.67. The first-order valence-electron chi connectivity index (χ1n) is 11.7. The van der Waals surface area contributed by atoms with Crippen molar-refractivity contribution in [3.8, 4) is 0 Å². The van der Waals surface area contributed by atoms with E-state index in [0.717, 1.165) is 48.8 Å². The minimum atomic E-state index is -0.173. The second-order valence-electron chi connectivity index (χ2n) is 8.89. The van der Waals surface area contributed by atoms with Crippen LogP contribution in [-0.2, 0) is 17.7 Å². The van der Waals surface area contributed by atoms with Crippen LogP contribution in [0.1, 0.15) is 28.5 Å². The summed E-state index contributed by atoms with van der Waals surface area (Å²) in [7, 11) is 0. The standard InChI is InChI=1S/C26H26N6O2/c1-18-13-24-27-9-7-25(33)32(24)29-26(18)31-10-8-22-20(16-31)14-21(15-28-22)30-11-12-34-23(17-30)19-5-3-2-4-6-19/h2-7,9,13-15,23H,8,10-12,16-17H2,1H3/t23-/m1/s1. The van der Waals surface area contributed by atoms with Crippen LogP contribution in [0.15, 0.2) is 65.7 Å². The lowest BCUT2D eigenvalue weighted by Gasteiger charge is -2.36. The first kappa shape index (κ1) is 20.8. The quantitative estimate of drug-likeness (QED) is 0.471. The van der Waals surface area contributed by atoms with Gasteiger partial charge in [-0.05, 0) is 35.7 Å². The Kier molecular flexibility index (Phi) is 5.22. The first-order chi connectivity index (χ1) is 16.7. The van der Waals surface area contributed by atoms with Gasteiger partial charge < -0.3 is 14.5 Å². The molecule has 34 heavy (non-hydrogen) atoms. The van der Waals surface area contributed by atoms with Gasteiger partial charge in [0.15, 0.2) is 11.5 Å². The highest BCUT2D eigenvalue weighted by molar-refractivity contribution is 5.55. The van der Waals surface area contributed by atoms with Gasteiger partial charge in [0.05, 0.1) is 18.5 Å². The Morgan fingerprint density at radius 3 is 2.79 bits per heavy atom. The molecule has 2 aliphatic rings. The van der Waals surface area contributed by atoms with Crippen molar-refractivity contribution in [3.63, 3.8) is 0 Å². The van der Waals surface area contributed by atoms with E-state index in [0.29, 0.717) is 18.8 Å². The molecular weight excluding hydrogens is 428 g/mol. The number of rotatable bonds is 3. The van der Waals surface area contributed by atoms with Crippen molar-refractivity contribution in [2.24, 2.45) is 0 Å². The first-order valence-corrected chi connectivity index (χ1v) is 11.7. The highest BCUT2D eigenvalue weighted by Crippen LogP contribution is 2.30. The van der Waals surface area contributed by atoms with E-state index < -0.39 is 0 Å². The summed E-state index contributed by atoms with van der Waals surface area (Å²) in [6.45, 7) is 5.86. The summed E-state index contributed by atoms with van der Waals surface area (Å²) in [5.41, 5.74) is 6.05. The molecule has 5 heterocycles. The smallest absolute Gasteiger partial charge is 0.274 e. The van der Waals surface area contributed by atoms with E-state index in [1.54, 1.807) is 0 Å². The van der Waals surface area contributed by atoms with E-state index in [9.17, 15) is 4.79 Å². The maximum Gasteiger partial charge on any atom is 0.274 e. The van der Waals surface area contributed by atoms with Crippen LogP contribution < -0.4 is 15.4 Å². The Morgan fingerprint density at radius 2 is 1.91 bits per heavy atom. The van der Waals surface area contributed by atoms with Gasteiger partial charge in [-0.2, -0.15) is 4.52 Å². The molecule has 1 aromatic carbocycles. The molecule has 0 saturated carbocycles. The fourth-order valence-corrected chi connectivity index (χ4v) is 4.88. The van der Waals surface area contributed by atoms with Gasteiger partial charge >= 0.3 is 0 Å². The van der Waals surface area contributed by atoms with Gasteiger partial charge in [0, 0.05) is 50.6 Å². The molecule has 8 nitrogen and oxygen atoms in total. The van der Waals surface area contributed by atoms with Gasteiger partial charge in [-0.3, -0.25) is 9.78 Å². The Balaban J connectivity index is 1.27. The van der Waals surface area contributed by atoms with Gasteiger partial charge in [-0.15, -0.1) is 5.10 Å². The lowest BCUT2D eigenvalue weighted by atomic mass is 10.0. The Morgan fingerprint density at radius 1 is 1.03 bits per heavy atom. The number of nitrogens with zero attached hydrogens (tertiary/aromatic N) is 6. The van der Waals surface area contributed by atoms with Crippen LogP contribution in [0, 0.1) is 6.92 Å². The number of aryl methyl sites for hydroxylation is 1. The number of anilines is 2. The van der Waals surface area contributed by atoms with Gasteiger partial charge in [0.25, 0.3) is 5.56 Å². The maximum atomic E-state index is 12.3. The molecule has 3 aromatic heterocycles. The van der Waals surface area contributed by atoms with Crippen molar-refractivity contribution < 1.29 is 4.74 Å². The number of morpholine rings is 1. The van der Waals surface area contributed by atoms with E-state index >= 15 is 0 Å². The van der Waals surface area contributed by atoms with Gasteiger partial charge in [-0.1, -0.05) is 30.3 Å². The molecule has 0 bridgehead atoms. The molecule has 8 heteroatoms. The Labute approximate surface area is 197 Å². The Hall–Kier alpha value is -3.78. The minimum absolute atomic E-state index is 0.0545. The molecule has 2 aliphatic heterocycles. The molecule has 1 atom stereocenters. The van der Waals surface area contributed by atoms with Gasteiger partial charge in [0.2, 0.25) is 0 Å². The van der Waals surface area contributed by atoms with Crippen LogP contribution in [0.25, 0.3) is 5.65 Å². The summed E-state index contributed by atoms with van der Waals surface area (Å²) in [6.07, 6.45) is 4.41. The number of pyridine rings is 1. The average molecular weight is 455 g/mol. The van der Waals surface area contributed by atoms with Crippen LogP contribution in [0.2, 0.25) is 0 Å². The summed E-state index contributed by atoms with van der Waals surface area (Å²) in [5.74, 6) is 0.814. The third kappa shape index (κ3) is 3.80. The number of ether oxygens (including phenoxy) is 1. The lowest BCUT2D eigenvalue weighted by Crippen LogP contribution is -2.39. The van der Waals surface area contributed by atoms with E-state index in [-0.39, 0.29) is 11.7 Å². The van der Waals surface area contributed by atoms with E-state index in [2.05, 4.69) is 50.2 Å². The number of hydrogen-bond acceptors (Lipinski definition) is 7. The van der Waals surface area contributed by atoms with Crippen molar-refractivity contribution >= 4 is 17.2 Å². The van der Waals surface area contributed by atoms with E-state index in [4.69, 9.17) is 9.72 Å². The van der Waals surface area contributed by atoms with Crippen molar-refractivity contribution in [3.05, 3.63) is 93.7 Å². The lowest BCUT2D eigenvalue weighted by molar-refractivity contribution is 0.0398. The molecule has 172 valence electrons. The molecule has 4 aromatic rings. The molecule has 0 aliphatic carbocycles. The fourth-order valence-electron chi connectivity index (χ4n) is 4.88.